The van der Waals surface area contributed by atoms with E-state index < -0.39 is 10.8 Å². The average molecular weight is 349 g/mol. The molecule has 0 N–H and O–H groups in total. The van der Waals surface area contributed by atoms with Gasteiger partial charge in [-0.15, -0.1) is 11.6 Å². The van der Waals surface area contributed by atoms with Crippen molar-refractivity contribution in [2.45, 2.75) is 91.8 Å². The summed E-state index contributed by atoms with van der Waals surface area (Å²) in [4.78, 5) is -0.0278. The summed E-state index contributed by atoms with van der Waals surface area (Å²) >= 11 is 11.1. The van der Waals surface area contributed by atoms with Crippen molar-refractivity contribution in [3.05, 3.63) is 0 Å². The van der Waals surface area contributed by atoms with Crippen molar-refractivity contribution in [3.8, 4) is 0 Å². The fourth-order valence-corrected chi connectivity index (χ4v) is 0. The Kier molecular flexibility index (Phi) is 12.9. The van der Waals surface area contributed by atoms with Gasteiger partial charge in [0.05, 0.1) is 0 Å². The van der Waals surface area contributed by atoms with E-state index in [-0.39, 0.29) is 16.7 Å². The van der Waals surface area contributed by atoms with Gasteiger partial charge in [-0.3, -0.25) is 0 Å². The molecule has 132 valence electrons. The highest BCUT2D eigenvalue weighted by Crippen LogP contribution is 2.25. The zero-order valence-electron chi connectivity index (χ0n) is 15.7. The summed E-state index contributed by atoms with van der Waals surface area (Å²) in [6.45, 7) is 20.1. The lowest BCUT2D eigenvalue weighted by atomic mass is 9.97. The number of hydrogen-bond acceptors (Lipinski definition) is 0. The first-order valence-electron chi connectivity index (χ1n) is 7.59. The van der Waals surface area contributed by atoms with Gasteiger partial charge in [0.1, 0.15) is 5.67 Å². The molecule has 4 heteroatoms. The summed E-state index contributed by atoms with van der Waals surface area (Å²) in [6.07, 6.45) is 0. The molecular formula is C17H36Cl2F2. The summed E-state index contributed by atoms with van der Waals surface area (Å²) in [5, 5.41) is -1.53. The highest BCUT2D eigenvalue weighted by molar-refractivity contribution is 6.23. The number of rotatable bonds is 3. The van der Waals surface area contributed by atoms with E-state index in [0.717, 1.165) is 0 Å². The van der Waals surface area contributed by atoms with Crippen molar-refractivity contribution in [1.29, 1.82) is 0 Å². The third-order valence-electron chi connectivity index (χ3n) is 3.76. The lowest BCUT2D eigenvalue weighted by Crippen LogP contribution is -2.19. The van der Waals surface area contributed by atoms with Gasteiger partial charge < -0.3 is 0 Å². The van der Waals surface area contributed by atoms with Crippen LogP contribution in [0.2, 0.25) is 0 Å². The van der Waals surface area contributed by atoms with Crippen molar-refractivity contribution < 1.29 is 8.78 Å². The van der Waals surface area contributed by atoms with E-state index in [0.29, 0.717) is 5.92 Å². The maximum atomic E-state index is 12.5. The molecule has 0 fully saturated rings. The Hall–Kier alpha value is 0.440. The molecule has 0 heterocycles. The van der Waals surface area contributed by atoms with Crippen LogP contribution < -0.4 is 0 Å². The van der Waals surface area contributed by atoms with Crippen LogP contribution in [-0.2, 0) is 0 Å². The van der Waals surface area contributed by atoms with Gasteiger partial charge in [-0.1, -0.05) is 53.1 Å². The minimum Gasteiger partial charge on any atom is -0.244 e. The van der Waals surface area contributed by atoms with E-state index in [1.807, 2.05) is 27.7 Å². The molecule has 0 aliphatic carbocycles. The summed E-state index contributed by atoms with van der Waals surface area (Å²) in [6, 6.07) is 0. The molecule has 1 unspecified atom stereocenters. The van der Waals surface area contributed by atoms with Gasteiger partial charge in [0, 0.05) is 10.8 Å². The Morgan fingerprint density at radius 1 is 0.619 bits per heavy atom. The highest BCUT2D eigenvalue weighted by atomic mass is 35.5. The smallest absolute Gasteiger partial charge is 0.183 e. The molecule has 0 saturated heterocycles. The van der Waals surface area contributed by atoms with Crippen LogP contribution in [-0.4, -0.2) is 15.7 Å². The number of alkyl halides is 4. The molecule has 0 bridgehead atoms. The van der Waals surface area contributed by atoms with E-state index in [9.17, 15) is 8.78 Å². The van der Waals surface area contributed by atoms with Gasteiger partial charge in [0.25, 0.3) is 0 Å². The van der Waals surface area contributed by atoms with Crippen LogP contribution in [0.3, 0.4) is 0 Å². The molecule has 0 spiro atoms. The molecule has 0 radical (unpaired) electrons. The summed E-state index contributed by atoms with van der Waals surface area (Å²) in [5.41, 5.74) is -1.00. The van der Waals surface area contributed by atoms with E-state index in [1.165, 1.54) is 6.92 Å². The van der Waals surface area contributed by atoms with E-state index in [2.05, 4.69) is 13.8 Å². The second-order valence-corrected chi connectivity index (χ2v) is 9.26. The topological polar surface area (TPSA) is 0 Å². The Balaban J connectivity index is -0.000000231. The molecule has 1 atom stereocenters. The number of halogens is 4. The van der Waals surface area contributed by atoms with E-state index in [4.69, 9.17) is 23.2 Å². The van der Waals surface area contributed by atoms with Crippen molar-refractivity contribution in [1.82, 2.24) is 0 Å². The molecule has 0 aliphatic rings. The Bertz CT molecular complexity index is 198. The minimum atomic E-state index is -1.53. The van der Waals surface area contributed by atoms with Crippen LogP contribution in [0, 0.1) is 17.8 Å². The third kappa shape index (κ3) is 20.4. The summed E-state index contributed by atoms with van der Waals surface area (Å²) in [5.74, 6) is 0.593. The average Bonchev–Trinajstić information content (AvgIpc) is 2.14. The zero-order valence-corrected chi connectivity index (χ0v) is 17.3. The predicted molar refractivity (Wildman–Crippen MR) is 95.0 cm³/mol. The highest BCUT2D eigenvalue weighted by Gasteiger charge is 2.22. The molecule has 21 heavy (non-hydrogen) atoms. The second kappa shape index (κ2) is 10.3. The maximum absolute atomic E-state index is 12.5. The largest absolute Gasteiger partial charge is 0.244 e. The molecule has 0 aromatic rings. The quantitative estimate of drug-likeness (QED) is 0.460. The van der Waals surface area contributed by atoms with Crippen molar-refractivity contribution >= 4 is 23.2 Å². The van der Waals surface area contributed by atoms with E-state index >= 15 is 0 Å². The molecule has 0 amide bonds. The van der Waals surface area contributed by atoms with Crippen molar-refractivity contribution in [3.63, 3.8) is 0 Å². The van der Waals surface area contributed by atoms with Gasteiger partial charge >= 0.3 is 0 Å². The zero-order chi connectivity index (χ0) is 18.2. The van der Waals surface area contributed by atoms with Crippen molar-refractivity contribution in [2.24, 2.45) is 17.8 Å². The Morgan fingerprint density at radius 3 is 0.762 bits per heavy atom. The van der Waals surface area contributed by atoms with Gasteiger partial charge in [-0.25, -0.2) is 8.78 Å². The molecule has 0 aliphatic heterocycles. The Labute approximate surface area is 142 Å². The molecule has 0 aromatic heterocycles. The van der Waals surface area contributed by atoms with Gasteiger partial charge in [0.2, 0.25) is 0 Å². The normalized spacial score (nSPS) is 15.1. The van der Waals surface area contributed by atoms with Gasteiger partial charge in [0.15, 0.2) is 5.13 Å². The minimum absolute atomic E-state index is 0.0278. The van der Waals surface area contributed by atoms with Gasteiger partial charge in [-0.2, -0.15) is 0 Å². The van der Waals surface area contributed by atoms with Crippen LogP contribution in [0.15, 0.2) is 0 Å². The summed E-state index contributed by atoms with van der Waals surface area (Å²) < 4.78 is 24.8. The summed E-state index contributed by atoms with van der Waals surface area (Å²) in [7, 11) is 0. The fourth-order valence-electron chi connectivity index (χ4n) is 0. The Morgan fingerprint density at radius 2 is 0.762 bits per heavy atom. The number of hydrogen-bond donors (Lipinski definition) is 0. The SMILES string of the molecule is CC(C)C(C)(C)Cl.CC(C)C(C)(C)F.CC(C)C(C)(F)Cl. The van der Waals surface area contributed by atoms with Crippen LogP contribution in [0.5, 0.6) is 0 Å². The molecular weight excluding hydrogens is 313 g/mol. The van der Waals surface area contributed by atoms with E-state index in [1.54, 1.807) is 27.7 Å². The molecule has 0 saturated carbocycles. The first kappa shape index (κ1) is 26.3. The third-order valence-corrected chi connectivity index (χ3v) is 4.63. The second-order valence-electron chi connectivity index (χ2n) is 7.55. The van der Waals surface area contributed by atoms with Crippen LogP contribution in [0.1, 0.15) is 76.2 Å². The van der Waals surface area contributed by atoms with Crippen molar-refractivity contribution in [2.75, 3.05) is 0 Å². The molecule has 0 aromatic carbocycles. The standard InChI is InChI=1S/C6H13Cl.C6H13F.C5H10ClF/c2*1-5(2)6(3,4)7;1-4(2)5(3,6)7/h2*5H,1-4H3;4H,1-3H3. The lowest BCUT2D eigenvalue weighted by molar-refractivity contribution is 0.148. The van der Waals surface area contributed by atoms with Crippen LogP contribution in [0.25, 0.3) is 0 Å². The van der Waals surface area contributed by atoms with Crippen LogP contribution in [0.4, 0.5) is 8.78 Å². The lowest BCUT2D eigenvalue weighted by Gasteiger charge is -2.19. The van der Waals surface area contributed by atoms with Gasteiger partial charge in [-0.05, 0) is 46.5 Å². The van der Waals surface area contributed by atoms with Crippen LogP contribution >= 0.6 is 23.2 Å². The fraction of sp³-hybridized carbons (Fsp3) is 1.00. The molecule has 0 rings (SSSR count). The maximum Gasteiger partial charge on any atom is 0.183 e. The monoisotopic (exact) mass is 348 g/mol. The first-order valence-corrected chi connectivity index (χ1v) is 8.34. The molecule has 0 nitrogen and oxygen atoms in total. The predicted octanol–water partition coefficient (Wildman–Crippen LogP) is 7.62. The first-order chi connectivity index (χ1) is 8.83.